The first-order valence-corrected chi connectivity index (χ1v) is 8.65. The fourth-order valence-electron chi connectivity index (χ4n) is 2.23. The maximum atomic E-state index is 13.2. The SMILES string of the molecule is CCOc1ccc(/C=C(\C#N)C(=O)O[C@H](C)C(=O)Nc2ccc(F)c(F)c2)cc1. The van der Waals surface area contributed by atoms with E-state index in [1.165, 1.54) is 13.0 Å². The molecular formula is C21H18F2N2O4. The van der Waals surface area contributed by atoms with Crippen LogP contribution in [0.25, 0.3) is 6.08 Å². The van der Waals surface area contributed by atoms with Gasteiger partial charge in [-0.1, -0.05) is 12.1 Å². The van der Waals surface area contributed by atoms with Crippen LogP contribution in [-0.4, -0.2) is 24.6 Å². The Morgan fingerprint density at radius 2 is 1.86 bits per heavy atom. The highest BCUT2D eigenvalue weighted by molar-refractivity contribution is 6.01. The zero-order valence-electron chi connectivity index (χ0n) is 15.7. The molecule has 1 atom stereocenters. The zero-order valence-corrected chi connectivity index (χ0v) is 15.7. The number of halogens is 2. The van der Waals surface area contributed by atoms with Crippen LogP contribution < -0.4 is 10.1 Å². The summed E-state index contributed by atoms with van der Waals surface area (Å²) in [5.41, 5.74) is 0.268. The van der Waals surface area contributed by atoms with E-state index in [0.717, 1.165) is 18.2 Å². The fraction of sp³-hybridized carbons (Fsp3) is 0.190. The highest BCUT2D eigenvalue weighted by atomic mass is 19.2. The standard InChI is InChI=1S/C21H18F2N2O4/c1-3-28-17-7-4-14(5-8-17)10-15(12-24)21(27)29-13(2)20(26)25-16-6-9-18(22)19(23)11-16/h4-11,13H,3H2,1-2H3,(H,25,26)/b15-10+/t13-/m1/s1. The summed E-state index contributed by atoms with van der Waals surface area (Å²) in [5.74, 6) is -3.29. The van der Waals surface area contributed by atoms with Crippen molar-refractivity contribution in [3.63, 3.8) is 0 Å². The number of nitriles is 1. The minimum Gasteiger partial charge on any atom is -0.494 e. The molecule has 0 aliphatic heterocycles. The number of amides is 1. The monoisotopic (exact) mass is 400 g/mol. The van der Waals surface area contributed by atoms with Crippen molar-refractivity contribution in [1.82, 2.24) is 0 Å². The molecule has 0 heterocycles. The lowest BCUT2D eigenvalue weighted by Gasteiger charge is -2.13. The Hall–Kier alpha value is -3.73. The molecule has 0 aromatic heterocycles. The Labute approximate surface area is 166 Å². The third-order valence-corrected chi connectivity index (χ3v) is 3.68. The van der Waals surface area contributed by atoms with Crippen molar-refractivity contribution >= 4 is 23.6 Å². The molecule has 0 unspecified atom stereocenters. The van der Waals surface area contributed by atoms with Crippen LogP contribution in [0.4, 0.5) is 14.5 Å². The van der Waals surface area contributed by atoms with E-state index in [9.17, 15) is 23.6 Å². The number of benzene rings is 2. The Balaban J connectivity index is 2.02. The largest absolute Gasteiger partial charge is 0.494 e. The van der Waals surface area contributed by atoms with Crippen molar-refractivity contribution in [3.05, 3.63) is 65.2 Å². The Kier molecular flexibility index (Phi) is 7.43. The van der Waals surface area contributed by atoms with Gasteiger partial charge in [0.1, 0.15) is 17.4 Å². The van der Waals surface area contributed by atoms with Crippen molar-refractivity contribution in [2.24, 2.45) is 0 Å². The van der Waals surface area contributed by atoms with Gasteiger partial charge < -0.3 is 14.8 Å². The second-order valence-electron chi connectivity index (χ2n) is 5.84. The summed E-state index contributed by atoms with van der Waals surface area (Å²) in [6, 6.07) is 11.2. The Bertz CT molecular complexity index is 966. The number of carbonyl (C=O) groups excluding carboxylic acids is 2. The molecule has 2 rings (SSSR count). The number of hydrogen-bond acceptors (Lipinski definition) is 5. The van der Waals surface area contributed by atoms with E-state index in [2.05, 4.69) is 5.32 Å². The van der Waals surface area contributed by atoms with Crippen LogP contribution in [0.15, 0.2) is 48.0 Å². The summed E-state index contributed by atoms with van der Waals surface area (Å²) in [7, 11) is 0. The number of carbonyl (C=O) groups is 2. The van der Waals surface area contributed by atoms with Crippen LogP contribution in [0, 0.1) is 23.0 Å². The Morgan fingerprint density at radius 1 is 1.17 bits per heavy atom. The van der Waals surface area contributed by atoms with Gasteiger partial charge in [-0.25, -0.2) is 13.6 Å². The van der Waals surface area contributed by atoms with E-state index in [1.54, 1.807) is 30.3 Å². The number of hydrogen-bond donors (Lipinski definition) is 1. The minimum absolute atomic E-state index is 0.00207. The fourth-order valence-corrected chi connectivity index (χ4v) is 2.23. The van der Waals surface area contributed by atoms with Crippen LogP contribution >= 0.6 is 0 Å². The molecule has 0 spiro atoms. The quantitative estimate of drug-likeness (QED) is 0.433. The van der Waals surface area contributed by atoms with Crippen molar-refractivity contribution < 1.29 is 27.8 Å². The van der Waals surface area contributed by atoms with Crippen molar-refractivity contribution in [3.8, 4) is 11.8 Å². The zero-order chi connectivity index (χ0) is 21.4. The highest BCUT2D eigenvalue weighted by Gasteiger charge is 2.21. The van der Waals surface area contributed by atoms with Gasteiger partial charge in [-0.3, -0.25) is 4.79 Å². The minimum atomic E-state index is -1.27. The molecule has 150 valence electrons. The molecule has 0 fully saturated rings. The molecule has 29 heavy (non-hydrogen) atoms. The predicted octanol–water partition coefficient (Wildman–Crippen LogP) is 3.84. The third-order valence-electron chi connectivity index (χ3n) is 3.68. The number of anilines is 1. The molecule has 0 aliphatic rings. The maximum Gasteiger partial charge on any atom is 0.349 e. The molecule has 1 amide bonds. The molecule has 6 nitrogen and oxygen atoms in total. The van der Waals surface area contributed by atoms with Crippen LogP contribution in [0.5, 0.6) is 5.75 Å². The Morgan fingerprint density at radius 3 is 2.45 bits per heavy atom. The van der Waals surface area contributed by atoms with E-state index < -0.39 is 29.6 Å². The second kappa shape index (κ2) is 9.99. The molecule has 8 heteroatoms. The van der Waals surface area contributed by atoms with Gasteiger partial charge in [0.25, 0.3) is 5.91 Å². The number of esters is 1. The van der Waals surface area contributed by atoms with Gasteiger partial charge in [0, 0.05) is 11.8 Å². The first-order valence-electron chi connectivity index (χ1n) is 8.65. The van der Waals surface area contributed by atoms with E-state index in [0.29, 0.717) is 17.9 Å². The average Bonchev–Trinajstić information content (AvgIpc) is 2.70. The molecule has 1 N–H and O–H groups in total. The normalized spacial score (nSPS) is 11.9. The maximum absolute atomic E-state index is 13.2. The highest BCUT2D eigenvalue weighted by Crippen LogP contribution is 2.16. The lowest BCUT2D eigenvalue weighted by atomic mass is 10.1. The summed E-state index contributed by atoms with van der Waals surface area (Å²) in [6.45, 7) is 3.65. The molecular weight excluding hydrogens is 382 g/mol. The van der Waals surface area contributed by atoms with Gasteiger partial charge in [0.2, 0.25) is 0 Å². The van der Waals surface area contributed by atoms with Gasteiger partial charge >= 0.3 is 5.97 Å². The number of ether oxygens (including phenoxy) is 2. The van der Waals surface area contributed by atoms with Crippen LogP contribution in [0.2, 0.25) is 0 Å². The summed E-state index contributed by atoms with van der Waals surface area (Å²) in [5, 5.41) is 11.5. The molecule has 0 radical (unpaired) electrons. The molecule has 0 saturated heterocycles. The van der Waals surface area contributed by atoms with Crippen molar-refractivity contribution in [1.29, 1.82) is 5.26 Å². The smallest absolute Gasteiger partial charge is 0.349 e. The van der Waals surface area contributed by atoms with Gasteiger partial charge in [-0.05, 0) is 49.8 Å². The summed E-state index contributed by atoms with van der Waals surface area (Å²) < 4.78 is 36.4. The van der Waals surface area contributed by atoms with Gasteiger partial charge in [-0.15, -0.1) is 0 Å². The number of nitrogens with zero attached hydrogens (tertiary/aromatic N) is 1. The van der Waals surface area contributed by atoms with Crippen LogP contribution in [0.1, 0.15) is 19.4 Å². The predicted molar refractivity (Wildman–Crippen MR) is 102 cm³/mol. The molecule has 0 aliphatic carbocycles. The molecule has 2 aromatic carbocycles. The van der Waals surface area contributed by atoms with E-state index >= 15 is 0 Å². The molecule has 0 saturated carbocycles. The van der Waals surface area contributed by atoms with Crippen LogP contribution in [-0.2, 0) is 14.3 Å². The number of rotatable bonds is 7. The van der Waals surface area contributed by atoms with Gasteiger partial charge in [-0.2, -0.15) is 5.26 Å². The van der Waals surface area contributed by atoms with Crippen molar-refractivity contribution in [2.75, 3.05) is 11.9 Å². The van der Waals surface area contributed by atoms with Crippen LogP contribution in [0.3, 0.4) is 0 Å². The first-order chi connectivity index (χ1) is 13.8. The molecule has 0 bridgehead atoms. The third kappa shape index (κ3) is 6.14. The van der Waals surface area contributed by atoms with E-state index in [4.69, 9.17) is 9.47 Å². The number of nitrogens with one attached hydrogen (secondary N) is 1. The van der Waals surface area contributed by atoms with Gasteiger partial charge in [0.05, 0.1) is 6.61 Å². The first kappa shape index (κ1) is 21.6. The summed E-state index contributed by atoms with van der Waals surface area (Å²) in [4.78, 5) is 24.3. The summed E-state index contributed by atoms with van der Waals surface area (Å²) >= 11 is 0. The lowest BCUT2D eigenvalue weighted by Crippen LogP contribution is -2.30. The van der Waals surface area contributed by atoms with Gasteiger partial charge in [0.15, 0.2) is 17.7 Å². The summed E-state index contributed by atoms with van der Waals surface area (Å²) in [6.07, 6.45) is 0.0468. The molecule has 2 aromatic rings. The van der Waals surface area contributed by atoms with E-state index in [-0.39, 0.29) is 11.3 Å². The van der Waals surface area contributed by atoms with E-state index in [1.807, 2.05) is 6.92 Å². The average molecular weight is 400 g/mol. The second-order valence-corrected chi connectivity index (χ2v) is 5.84. The lowest BCUT2D eigenvalue weighted by molar-refractivity contribution is -0.148. The van der Waals surface area contributed by atoms with Crippen molar-refractivity contribution in [2.45, 2.75) is 20.0 Å². The topological polar surface area (TPSA) is 88.4 Å².